The smallest absolute Gasteiger partial charge is 0.338 e. The summed E-state index contributed by atoms with van der Waals surface area (Å²) in [7, 11) is -2.43. The molecule has 0 unspecified atom stereocenters. The van der Waals surface area contributed by atoms with Gasteiger partial charge in [0.2, 0.25) is 10.0 Å². The van der Waals surface area contributed by atoms with Crippen molar-refractivity contribution >= 4 is 27.6 Å². The zero-order valence-corrected chi connectivity index (χ0v) is 14.4. The van der Waals surface area contributed by atoms with Gasteiger partial charge in [-0.05, 0) is 35.9 Å². The normalized spacial score (nSPS) is 11.1. The van der Waals surface area contributed by atoms with Crippen LogP contribution in [-0.4, -0.2) is 28.1 Å². The van der Waals surface area contributed by atoms with E-state index in [1.54, 1.807) is 7.11 Å². The molecule has 0 saturated heterocycles. The molecule has 24 heavy (non-hydrogen) atoms. The average Bonchev–Trinajstić information content (AvgIpc) is 2.54. The first kappa shape index (κ1) is 18.3. The number of primary sulfonamides is 1. The second-order valence-electron chi connectivity index (χ2n) is 4.92. The summed E-state index contributed by atoms with van der Waals surface area (Å²) in [6.45, 7) is 0.151. The maximum absolute atomic E-state index is 12.0. The third kappa shape index (κ3) is 4.70. The van der Waals surface area contributed by atoms with Gasteiger partial charge in [-0.15, -0.1) is 0 Å². The lowest BCUT2D eigenvalue weighted by Crippen LogP contribution is -2.14. The van der Waals surface area contributed by atoms with E-state index in [0.717, 1.165) is 17.4 Å². The molecular formula is C16H16ClNO5S. The van der Waals surface area contributed by atoms with Crippen LogP contribution in [-0.2, 0) is 21.2 Å². The van der Waals surface area contributed by atoms with Crippen molar-refractivity contribution in [2.45, 2.75) is 11.3 Å². The molecule has 0 saturated carbocycles. The highest BCUT2D eigenvalue weighted by Gasteiger charge is 2.17. The number of carbonyl (C=O) groups is 1. The van der Waals surface area contributed by atoms with Gasteiger partial charge in [-0.25, -0.2) is 18.4 Å². The van der Waals surface area contributed by atoms with Crippen molar-refractivity contribution in [2.24, 2.45) is 5.14 Å². The Balaban J connectivity index is 1.99. The maximum atomic E-state index is 12.0. The number of halogens is 1. The van der Waals surface area contributed by atoms with E-state index in [9.17, 15) is 13.2 Å². The molecule has 2 N–H and O–H groups in total. The molecule has 0 bridgehead atoms. The molecule has 0 aliphatic carbocycles. The Morgan fingerprint density at radius 3 is 2.42 bits per heavy atom. The van der Waals surface area contributed by atoms with Crippen molar-refractivity contribution in [3.8, 4) is 5.75 Å². The highest BCUT2D eigenvalue weighted by molar-refractivity contribution is 7.89. The molecule has 2 aromatic carbocycles. The second kappa shape index (κ2) is 7.65. The Morgan fingerprint density at radius 2 is 1.83 bits per heavy atom. The van der Waals surface area contributed by atoms with Crippen LogP contribution in [0.4, 0.5) is 0 Å². The molecule has 2 aromatic rings. The fourth-order valence-electron chi connectivity index (χ4n) is 1.99. The lowest BCUT2D eigenvalue weighted by molar-refractivity contribution is 0.0509. The van der Waals surface area contributed by atoms with E-state index in [2.05, 4.69) is 0 Å². The van der Waals surface area contributed by atoms with E-state index in [1.807, 2.05) is 24.3 Å². The summed E-state index contributed by atoms with van der Waals surface area (Å²) in [5.74, 6) is 0.0949. The summed E-state index contributed by atoms with van der Waals surface area (Å²) in [6, 6.07) is 11.1. The van der Waals surface area contributed by atoms with Crippen LogP contribution in [0, 0.1) is 0 Å². The molecule has 0 atom stereocenters. The minimum Gasteiger partial charge on any atom is -0.497 e. The van der Waals surface area contributed by atoms with Gasteiger partial charge in [0.15, 0.2) is 0 Å². The number of rotatable bonds is 6. The lowest BCUT2D eigenvalue weighted by atomic mass is 10.1. The Hall–Kier alpha value is -2.09. The Labute approximate surface area is 145 Å². The van der Waals surface area contributed by atoms with Crippen LogP contribution in [0.5, 0.6) is 5.75 Å². The summed E-state index contributed by atoms with van der Waals surface area (Å²) in [6.07, 6.45) is 0.519. The van der Waals surface area contributed by atoms with E-state index in [4.69, 9.17) is 26.2 Å². The van der Waals surface area contributed by atoms with Crippen molar-refractivity contribution in [1.82, 2.24) is 0 Å². The van der Waals surface area contributed by atoms with Crippen molar-refractivity contribution in [3.63, 3.8) is 0 Å². The Morgan fingerprint density at radius 1 is 1.17 bits per heavy atom. The fraction of sp³-hybridized carbons (Fsp3) is 0.188. The number of ether oxygens (including phenoxy) is 2. The first-order chi connectivity index (χ1) is 11.3. The molecule has 0 spiro atoms. The summed E-state index contributed by atoms with van der Waals surface area (Å²) >= 11 is 5.77. The molecule has 0 aromatic heterocycles. The van der Waals surface area contributed by atoms with Gasteiger partial charge in [0.25, 0.3) is 0 Å². The monoisotopic (exact) mass is 369 g/mol. The van der Waals surface area contributed by atoms with Gasteiger partial charge in [0, 0.05) is 6.42 Å². The van der Waals surface area contributed by atoms with Crippen LogP contribution >= 0.6 is 11.6 Å². The fourth-order valence-corrected chi connectivity index (χ4v) is 3.06. The molecular weight excluding hydrogens is 354 g/mol. The largest absolute Gasteiger partial charge is 0.497 e. The van der Waals surface area contributed by atoms with Gasteiger partial charge in [0.05, 0.1) is 24.3 Å². The van der Waals surface area contributed by atoms with Gasteiger partial charge in [-0.2, -0.15) is 0 Å². The van der Waals surface area contributed by atoms with Crippen molar-refractivity contribution < 1.29 is 22.7 Å². The number of carbonyl (C=O) groups excluding carboxylic acids is 1. The minimum absolute atomic E-state index is 0.0488. The standard InChI is InChI=1S/C16H16ClNO5S/c1-22-13-5-2-11(3-6-13)8-9-23-16(19)12-4-7-14(17)15(10-12)24(18,20)21/h2-7,10H,8-9H2,1H3,(H2,18,20,21). The van der Waals surface area contributed by atoms with E-state index in [0.29, 0.717) is 6.42 Å². The second-order valence-corrected chi connectivity index (χ2v) is 6.86. The molecule has 0 heterocycles. The van der Waals surface area contributed by atoms with Gasteiger partial charge in [0.1, 0.15) is 10.6 Å². The first-order valence-electron chi connectivity index (χ1n) is 6.93. The van der Waals surface area contributed by atoms with Gasteiger partial charge in [-0.1, -0.05) is 23.7 Å². The van der Waals surface area contributed by atoms with Gasteiger partial charge in [-0.3, -0.25) is 0 Å². The SMILES string of the molecule is COc1ccc(CCOC(=O)c2ccc(Cl)c(S(N)(=O)=O)c2)cc1. The zero-order chi connectivity index (χ0) is 17.7. The average molecular weight is 370 g/mol. The van der Waals surface area contributed by atoms with E-state index in [1.165, 1.54) is 12.1 Å². The molecule has 2 rings (SSSR count). The molecule has 8 heteroatoms. The third-order valence-electron chi connectivity index (χ3n) is 3.26. The first-order valence-corrected chi connectivity index (χ1v) is 8.86. The van der Waals surface area contributed by atoms with Crippen LogP contribution in [0.2, 0.25) is 5.02 Å². The predicted molar refractivity (Wildman–Crippen MR) is 89.8 cm³/mol. The highest BCUT2D eigenvalue weighted by Crippen LogP contribution is 2.22. The van der Waals surface area contributed by atoms with Crippen molar-refractivity contribution in [3.05, 3.63) is 58.6 Å². The number of sulfonamides is 1. The van der Waals surface area contributed by atoms with E-state index in [-0.39, 0.29) is 22.1 Å². The number of benzene rings is 2. The quantitative estimate of drug-likeness (QED) is 0.789. The van der Waals surface area contributed by atoms with Crippen LogP contribution < -0.4 is 9.88 Å². The molecule has 0 aliphatic heterocycles. The summed E-state index contributed by atoms with van der Waals surface area (Å²) < 4.78 is 33.0. The zero-order valence-electron chi connectivity index (χ0n) is 12.9. The molecule has 6 nitrogen and oxygen atoms in total. The highest BCUT2D eigenvalue weighted by atomic mass is 35.5. The van der Waals surface area contributed by atoms with Crippen LogP contribution in [0.25, 0.3) is 0 Å². The van der Waals surface area contributed by atoms with Gasteiger partial charge >= 0.3 is 5.97 Å². The number of hydrogen-bond acceptors (Lipinski definition) is 5. The molecule has 0 radical (unpaired) electrons. The molecule has 0 aliphatic rings. The summed E-state index contributed by atoms with van der Waals surface area (Å²) in [5, 5.41) is 5.00. The third-order valence-corrected chi connectivity index (χ3v) is 4.65. The van der Waals surface area contributed by atoms with E-state index < -0.39 is 16.0 Å². The number of methoxy groups -OCH3 is 1. The van der Waals surface area contributed by atoms with Crippen molar-refractivity contribution in [1.29, 1.82) is 0 Å². The van der Waals surface area contributed by atoms with Crippen LogP contribution in [0.15, 0.2) is 47.4 Å². The number of hydrogen-bond donors (Lipinski definition) is 1. The topological polar surface area (TPSA) is 95.7 Å². The Kier molecular flexibility index (Phi) is 5.82. The van der Waals surface area contributed by atoms with Gasteiger partial charge < -0.3 is 9.47 Å². The molecule has 128 valence electrons. The summed E-state index contributed by atoms with van der Waals surface area (Å²) in [4.78, 5) is 11.7. The van der Waals surface area contributed by atoms with Crippen LogP contribution in [0.1, 0.15) is 15.9 Å². The maximum Gasteiger partial charge on any atom is 0.338 e. The molecule has 0 fully saturated rings. The number of esters is 1. The van der Waals surface area contributed by atoms with Crippen LogP contribution in [0.3, 0.4) is 0 Å². The van der Waals surface area contributed by atoms with Crippen molar-refractivity contribution in [2.75, 3.05) is 13.7 Å². The predicted octanol–water partition coefficient (Wildman–Crippen LogP) is 2.40. The summed E-state index contributed by atoms with van der Waals surface area (Å²) in [5.41, 5.74) is 1.04. The molecule has 0 amide bonds. The minimum atomic E-state index is -4.01. The lowest BCUT2D eigenvalue weighted by Gasteiger charge is -2.08. The Bertz CT molecular complexity index is 834. The number of nitrogens with two attached hydrogens (primary N) is 1. The van der Waals surface area contributed by atoms with E-state index >= 15 is 0 Å².